The Morgan fingerprint density at radius 1 is 0.925 bits per heavy atom. The number of hydrogen-bond acceptors (Lipinski definition) is 8. The first-order chi connectivity index (χ1) is 19.1. The maximum atomic E-state index is 13.4. The number of carbonyl (C=O) groups is 4. The molecule has 216 valence electrons. The Bertz CT molecular complexity index is 1170. The van der Waals surface area contributed by atoms with Crippen molar-refractivity contribution in [3.05, 3.63) is 59.7 Å². The number of nitrogens with zero attached hydrogens (tertiary/aromatic N) is 1. The number of likely N-dealkylation sites (tertiary alicyclic amines) is 1. The fourth-order valence-electron chi connectivity index (χ4n) is 4.55. The average molecular weight is 556 g/mol. The standard InChI is InChI=1S/C28H37N5O7/c1-17(25(37)30-12-14-34)31-26(38)23(16-19-6-10-21(36)11-7-19)32-27(39)24-3-2-13-33(24)28(40)22(29)15-18-4-8-20(35)9-5-18/h4-11,17,22-24,34-36H,2-3,12-16,29H2,1H3,(H,30,37)(H,31,38)(H,32,39)/t17-,22-,23-,24-/m0/s1. The minimum absolute atomic E-state index is 0.0349. The number of aromatic hydroxyl groups is 2. The second-order valence-corrected chi connectivity index (χ2v) is 9.84. The molecule has 2 aromatic carbocycles. The zero-order valence-corrected chi connectivity index (χ0v) is 22.4. The smallest absolute Gasteiger partial charge is 0.243 e. The molecule has 4 amide bonds. The number of phenols is 2. The van der Waals surface area contributed by atoms with E-state index in [9.17, 15) is 29.4 Å². The predicted octanol–water partition coefficient (Wildman–Crippen LogP) is -0.701. The van der Waals surface area contributed by atoms with E-state index in [1.54, 1.807) is 24.3 Å². The molecule has 40 heavy (non-hydrogen) atoms. The molecular weight excluding hydrogens is 518 g/mol. The van der Waals surface area contributed by atoms with Crippen molar-refractivity contribution in [2.45, 2.75) is 56.8 Å². The van der Waals surface area contributed by atoms with E-state index in [-0.39, 0.29) is 43.4 Å². The number of aliphatic hydroxyl groups excluding tert-OH is 1. The Kier molecular flexibility index (Phi) is 10.9. The summed E-state index contributed by atoms with van der Waals surface area (Å²) in [5.74, 6) is -1.85. The molecule has 1 saturated heterocycles. The summed E-state index contributed by atoms with van der Waals surface area (Å²) in [4.78, 5) is 53.4. The molecule has 0 spiro atoms. The van der Waals surface area contributed by atoms with Gasteiger partial charge in [0.1, 0.15) is 29.6 Å². The molecule has 2 aromatic rings. The zero-order valence-electron chi connectivity index (χ0n) is 22.4. The molecule has 0 aliphatic carbocycles. The fourth-order valence-corrected chi connectivity index (χ4v) is 4.55. The van der Waals surface area contributed by atoms with Gasteiger partial charge in [0, 0.05) is 19.5 Å². The molecule has 8 N–H and O–H groups in total. The highest BCUT2D eigenvalue weighted by molar-refractivity contribution is 5.95. The number of benzene rings is 2. The van der Waals surface area contributed by atoms with E-state index < -0.39 is 41.9 Å². The highest BCUT2D eigenvalue weighted by atomic mass is 16.3. The minimum atomic E-state index is -1.08. The third kappa shape index (κ3) is 8.42. The Morgan fingerprint density at radius 2 is 1.50 bits per heavy atom. The lowest BCUT2D eigenvalue weighted by atomic mass is 10.0. The van der Waals surface area contributed by atoms with Gasteiger partial charge in [0.15, 0.2) is 0 Å². The number of amides is 4. The average Bonchev–Trinajstić information content (AvgIpc) is 3.43. The van der Waals surface area contributed by atoms with Crippen LogP contribution in [0.15, 0.2) is 48.5 Å². The Morgan fingerprint density at radius 3 is 2.08 bits per heavy atom. The first kappa shape index (κ1) is 30.4. The second kappa shape index (κ2) is 14.3. The molecule has 0 saturated carbocycles. The van der Waals surface area contributed by atoms with Crippen LogP contribution in [0.1, 0.15) is 30.9 Å². The lowest BCUT2D eigenvalue weighted by Gasteiger charge is -2.28. The van der Waals surface area contributed by atoms with Crippen molar-refractivity contribution in [2.75, 3.05) is 19.7 Å². The maximum Gasteiger partial charge on any atom is 0.243 e. The summed E-state index contributed by atoms with van der Waals surface area (Å²) in [5.41, 5.74) is 7.61. The van der Waals surface area contributed by atoms with Crippen molar-refractivity contribution < 1.29 is 34.5 Å². The van der Waals surface area contributed by atoms with Crippen molar-refractivity contribution in [3.63, 3.8) is 0 Å². The third-order valence-corrected chi connectivity index (χ3v) is 6.72. The topological polar surface area (TPSA) is 194 Å². The molecule has 1 heterocycles. The van der Waals surface area contributed by atoms with Crippen molar-refractivity contribution in [1.82, 2.24) is 20.9 Å². The lowest BCUT2D eigenvalue weighted by Crippen LogP contribution is -2.57. The van der Waals surface area contributed by atoms with Gasteiger partial charge in [-0.2, -0.15) is 0 Å². The molecule has 12 heteroatoms. The highest BCUT2D eigenvalue weighted by Gasteiger charge is 2.38. The Labute approximate surface area is 232 Å². The van der Waals surface area contributed by atoms with Gasteiger partial charge >= 0.3 is 0 Å². The SMILES string of the molecule is C[C@H](NC(=O)[C@H](Cc1ccc(O)cc1)NC(=O)[C@@H]1CCCN1C(=O)[C@@H](N)Cc1ccc(O)cc1)C(=O)NCCO. The molecular formula is C28H37N5O7. The van der Waals surface area contributed by atoms with Crippen LogP contribution in [0, 0.1) is 0 Å². The third-order valence-electron chi connectivity index (χ3n) is 6.72. The summed E-state index contributed by atoms with van der Waals surface area (Å²) in [6, 6.07) is 8.81. The molecule has 1 aliphatic heterocycles. The van der Waals surface area contributed by atoms with Crippen LogP contribution in [0.5, 0.6) is 11.5 Å². The largest absolute Gasteiger partial charge is 0.508 e. The van der Waals surface area contributed by atoms with Crippen LogP contribution in [0.3, 0.4) is 0 Å². The molecule has 1 fully saturated rings. The van der Waals surface area contributed by atoms with E-state index in [1.807, 2.05) is 0 Å². The van der Waals surface area contributed by atoms with Gasteiger partial charge in [-0.05, 0) is 61.6 Å². The van der Waals surface area contributed by atoms with E-state index in [2.05, 4.69) is 16.0 Å². The Hall–Kier alpha value is -4.16. The summed E-state index contributed by atoms with van der Waals surface area (Å²) in [5, 5.41) is 35.8. The predicted molar refractivity (Wildman–Crippen MR) is 146 cm³/mol. The molecule has 4 atom stereocenters. The second-order valence-electron chi connectivity index (χ2n) is 9.84. The molecule has 0 bridgehead atoms. The number of rotatable bonds is 12. The Balaban J connectivity index is 1.70. The van der Waals surface area contributed by atoms with Crippen LogP contribution >= 0.6 is 0 Å². The maximum absolute atomic E-state index is 13.4. The van der Waals surface area contributed by atoms with E-state index >= 15 is 0 Å². The van der Waals surface area contributed by atoms with Crippen molar-refractivity contribution in [3.8, 4) is 11.5 Å². The van der Waals surface area contributed by atoms with E-state index in [0.717, 1.165) is 5.56 Å². The van der Waals surface area contributed by atoms with Crippen molar-refractivity contribution in [1.29, 1.82) is 0 Å². The van der Waals surface area contributed by atoms with Gasteiger partial charge in [0.05, 0.1) is 12.6 Å². The van der Waals surface area contributed by atoms with E-state index in [0.29, 0.717) is 24.9 Å². The zero-order chi connectivity index (χ0) is 29.2. The van der Waals surface area contributed by atoms with Crippen LogP contribution in [-0.4, -0.2) is 87.7 Å². The number of hydrogen-bond donors (Lipinski definition) is 7. The van der Waals surface area contributed by atoms with Gasteiger partial charge in [-0.1, -0.05) is 24.3 Å². The highest BCUT2D eigenvalue weighted by Crippen LogP contribution is 2.20. The number of carbonyl (C=O) groups excluding carboxylic acids is 4. The molecule has 3 rings (SSSR count). The van der Waals surface area contributed by atoms with Crippen LogP contribution in [0.4, 0.5) is 0 Å². The lowest BCUT2D eigenvalue weighted by molar-refractivity contribution is -0.140. The van der Waals surface area contributed by atoms with Gasteiger partial charge in [0.25, 0.3) is 0 Å². The summed E-state index contributed by atoms with van der Waals surface area (Å²) in [6.07, 6.45) is 1.29. The first-order valence-corrected chi connectivity index (χ1v) is 13.2. The van der Waals surface area contributed by atoms with E-state index in [4.69, 9.17) is 10.8 Å². The normalized spacial score (nSPS) is 17.0. The van der Waals surface area contributed by atoms with Gasteiger partial charge in [-0.15, -0.1) is 0 Å². The van der Waals surface area contributed by atoms with E-state index in [1.165, 1.54) is 36.1 Å². The first-order valence-electron chi connectivity index (χ1n) is 13.2. The summed E-state index contributed by atoms with van der Waals surface area (Å²) in [7, 11) is 0. The van der Waals surface area contributed by atoms with Crippen molar-refractivity contribution >= 4 is 23.6 Å². The molecule has 1 aliphatic rings. The van der Waals surface area contributed by atoms with Crippen LogP contribution < -0.4 is 21.7 Å². The fraction of sp³-hybridized carbons (Fsp3) is 0.429. The number of nitrogens with two attached hydrogens (primary N) is 1. The van der Waals surface area contributed by atoms with Gasteiger partial charge in [-0.3, -0.25) is 19.2 Å². The molecule has 0 aromatic heterocycles. The number of aliphatic hydroxyl groups is 1. The van der Waals surface area contributed by atoms with Crippen LogP contribution in [0.25, 0.3) is 0 Å². The van der Waals surface area contributed by atoms with Gasteiger partial charge in [-0.25, -0.2) is 0 Å². The van der Waals surface area contributed by atoms with Gasteiger partial charge < -0.3 is 41.9 Å². The number of nitrogens with one attached hydrogen (secondary N) is 3. The minimum Gasteiger partial charge on any atom is -0.508 e. The van der Waals surface area contributed by atoms with Crippen LogP contribution in [-0.2, 0) is 32.0 Å². The molecule has 0 unspecified atom stereocenters. The van der Waals surface area contributed by atoms with Crippen molar-refractivity contribution in [2.24, 2.45) is 5.73 Å². The summed E-state index contributed by atoms with van der Waals surface area (Å²) < 4.78 is 0. The number of phenolic OH excluding ortho intramolecular Hbond substituents is 2. The molecule has 0 radical (unpaired) electrons. The summed E-state index contributed by atoms with van der Waals surface area (Å²) in [6.45, 7) is 1.61. The monoisotopic (exact) mass is 555 g/mol. The van der Waals surface area contributed by atoms with Crippen LogP contribution in [0.2, 0.25) is 0 Å². The van der Waals surface area contributed by atoms with Gasteiger partial charge in [0.2, 0.25) is 23.6 Å². The summed E-state index contributed by atoms with van der Waals surface area (Å²) >= 11 is 0. The molecule has 12 nitrogen and oxygen atoms in total. The quantitative estimate of drug-likeness (QED) is 0.179.